The van der Waals surface area contributed by atoms with Crippen LogP contribution < -0.4 is 5.32 Å². The molecular formula is C12H25NO. The molecule has 1 N–H and O–H groups in total. The summed E-state index contributed by atoms with van der Waals surface area (Å²) in [7, 11) is 0. The molecule has 84 valence electrons. The van der Waals surface area contributed by atoms with Crippen LogP contribution in [-0.2, 0) is 4.74 Å². The van der Waals surface area contributed by atoms with Crippen LogP contribution in [0.25, 0.3) is 0 Å². The van der Waals surface area contributed by atoms with E-state index >= 15 is 0 Å². The average Bonchev–Trinajstić information content (AvgIpc) is 2.18. The topological polar surface area (TPSA) is 21.3 Å². The van der Waals surface area contributed by atoms with Crippen LogP contribution in [0.3, 0.4) is 0 Å². The summed E-state index contributed by atoms with van der Waals surface area (Å²) in [5.74, 6) is 0. The first kappa shape index (κ1) is 12.0. The molecule has 1 aliphatic rings. The lowest BCUT2D eigenvalue weighted by Gasteiger charge is -2.34. The van der Waals surface area contributed by atoms with Gasteiger partial charge in [0.1, 0.15) is 0 Å². The van der Waals surface area contributed by atoms with Crippen LogP contribution in [0.15, 0.2) is 0 Å². The largest absolute Gasteiger partial charge is 0.382 e. The van der Waals surface area contributed by atoms with Crippen molar-refractivity contribution >= 4 is 0 Å². The highest BCUT2D eigenvalue weighted by molar-refractivity contribution is 4.85. The Bertz CT molecular complexity index is 141. The van der Waals surface area contributed by atoms with Crippen LogP contribution in [-0.4, -0.2) is 25.3 Å². The molecule has 0 unspecified atom stereocenters. The molecule has 0 bridgehead atoms. The van der Waals surface area contributed by atoms with Crippen molar-refractivity contribution in [3.8, 4) is 0 Å². The Morgan fingerprint density at radius 3 is 2.57 bits per heavy atom. The molecule has 0 heterocycles. The zero-order valence-corrected chi connectivity index (χ0v) is 9.77. The molecule has 1 saturated carbocycles. The van der Waals surface area contributed by atoms with Gasteiger partial charge >= 0.3 is 0 Å². The molecule has 2 heteroatoms. The van der Waals surface area contributed by atoms with Gasteiger partial charge in [0.2, 0.25) is 0 Å². The van der Waals surface area contributed by atoms with E-state index in [1.54, 1.807) is 0 Å². The molecule has 0 aromatic rings. The third-order valence-corrected chi connectivity index (χ3v) is 3.18. The highest BCUT2D eigenvalue weighted by Crippen LogP contribution is 2.27. The first-order valence-corrected chi connectivity index (χ1v) is 6.10. The summed E-state index contributed by atoms with van der Waals surface area (Å²) in [5.41, 5.74) is 0.421. The van der Waals surface area contributed by atoms with Gasteiger partial charge < -0.3 is 10.1 Å². The highest BCUT2D eigenvalue weighted by atomic mass is 16.5. The molecule has 0 atom stereocenters. The summed E-state index contributed by atoms with van der Waals surface area (Å²) in [6, 6.07) is 0. The monoisotopic (exact) mass is 199 g/mol. The molecule has 0 aliphatic heterocycles. The second kappa shape index (κ2) is 6.41. The lowest BCUT2D eigenvalue weighted by molar-refractivity contribution is 0.140. The van der Waals surface area contributed by atoms with Gasteiger partial charge in [-0.15, -0.1) is 0 Å². The molecule has 2 nitrogen and oxygen atoms in total. The molecular weight excluding hydrogens is 174 g/mol. The predicted octanol–water partition coefficient (Wildman–Crippen LogP) is 2.73. The summed E-state index contributed by atoms with van der Waals surface area (Å²) in [5, 5.41) is 3.68. The number of hydrogen-bond donors (Lipinski definition) is 1. The second-order valence-corrected chi connectivity index (χ2v) is 4.60. The molecule has 1 fully saturated rings. The average molecular weight is 199 g/mol. The van der Waals surface area contributed by atoms with Gasteiger partial charge in [-0.2, -0.15) is 0 Å². The maximum Gasteiger partial charge on any atom is 0.0477 e. The van der Waals surface area contributed by atoms with Crippen molar-refractivity contribution in [3.05, 3.63) is 0 Å². The molecule has 0 saturated heterocycles. The normalized spacial score (nSPS) is 21.0. The zero-order chi connectivity index (χ0) is 10.3. The number of ether oxygens (including phenoxy) is 1. The van der Waals surface area contributed by atoms with E-state index in [0.717, 1.165) is 26.2 Å². The van der Waals surface area contributed by atoms with Gasteiger partial charge in [-0.3, -0.25) is 0 Å². The predicted molar refractivity (Wildman–Crippen MR) is 60.6 cm³/mol. The minimum atomic E-state index is 0.421. The Morgan fingerprint density at radius 2 is 1.93 bits per heavy atom. The minimum absolute atomic E-state index is 0.421. The van der Waals surface area contributed by atoms with Crippen LogP contribution in [0, 0.1) is 0 Å². The van der Waals surface area contributed by atoms with Crippen LogP contribution in [0.4, 0.5) is 0 Å². The Balaban J connectivity index is 2.03. The third kappa shape index (κ3) is 4.43. The van der Waals surface area contributed by atoms with E-state index in [0.29, 0.717) is 5.54 Å². The fraction of sp³-hybridized carbons (Fsp3) is 1.00. The van der Waals surface area contributed by atoms with Crippen molar-refractivity contribution in [2.45, 2.75) is 57.9 Å². The van der Waals surface area contributed by atoms with E-state index in [1.165, 1.54) is 32.1 Å². The number of rotatable bonds is 6. The molecule has 0 radical (unpaired) electrons. The van der Waals surface area contributed by atoms with Gasteiger partial charge in [0.15, 0.2) is 0 Å². The van der Waals surface area contributed by atoms with Gasteiger partial charge in [-0.1, -0.05) is 19.3 Å². The SMILES string of the molecule is CCOCCCNC1(C)CCCCC1. The standard InChI is InChI=1S/C12H25NO/c1-3-14-11-7-10-13-12(2)8-5-4-6-9-12/h13H,3-11H2,1-2H3. The Hall–Kier alpha value is -0.0800. The molecule has 1 aliphatic carbocycles. The van der Waals surface area contributed by atoms with E-state index in [1.807, 2.05) is 0 Å². The minimum Gasteiger partial charge on any atom is -0.382 e. The quantitative estimate of drug-likeness (QED) is 0.664. The Morgan fingerprint density at radius 1 is 1.21 bits per heavy atom. The maximum atomic E-state index is 5.32. The Kier molecular flexibility index (Phi) is 5.49. The van der Waals surface area contributed by atoms with Crippen molar-refractivity contribution < 1.29 is 4.74 Å². The molecule has 1 rings (SSSR count). The van der Waals surface area contributed by atoms with E-state index < -0.39 is 0 Å². The van der Waals surface area contributed by atoms with Gasteiger partial charge in [0, 0.05) is 18.8 Å². The van der Waals surface area contributed by atoms with Crippen molar-refractivity contribution in [2.24, 2.45) is 0 Å². The van der Waals surface area contributed by atoms with Crippen molar-refractivity contribution in [2.75, 3.05) is 19.8 Å². The summed E-state index contributed by atoms with van der Waals surface area (Å²) < 4.78 is 5.32. The molecule has 0 aromatic heterocycles. The Labute approximate surface area is 88.4 Å². The molecule has 14 heavy (non-hydrogen) atoms. The highest BCUT2D eigenvalue weighted by Gasteiger charge is 2.25. The van der Waals surface area contributed by atoms with Crippen molar-refractivity contribution in [1.82, 2.24) is 5.32 Å². The first-order chi connectivity index (χ1) is 6.77. The smallest absolute Gasteiger partial charge is 0.0477 e. The molecule has 0 spiro atoms. The summed E-state index contributed by atoms with van der Waals surface area (Å²) >= 11 is 0. The van der Waals surface area contributed by atoms with Crippen molar-refractivity contribution in [3.63, 3.8) is 0 Å². The van der Waals surface area contributed by atoms with Gasteiger partial charge in [0.25, 0.3) is 0 Å². The van der Waals surface area contributed by atoms with E-state index in [9.17, 15) is 0 Å². The van der Waals surface area contributed by atoms with E-state index in [4.69, 9.17) is 4.74 Å². The summed E-state index contributed by atoms with van der Waals surface area (Å²) in [6.07, 6.45) is 8.06. The van der Waals surface area contributed by atoms with Crippen LogP contribution in [0.5, 0.6) is 0 Å². The van der Waals surface area contributed by atoms with Crippen LogP contribution >= 0.6 is 0 Å². The molecule has 0 amide bonds. The summed E-state index contributed by atoms with van der Waals surface area (Å²) in [6.45, 7) is 7.27. The number of hydrogen-bond acceptors (Lipinski definition) is 2. The maximum absolute atomic E-state index is 5.32. The van der Waals surface area contributed by atoms with Gasteiger partial charge in [-0.05, 0) is 39.7 Å². The fourth-order valence-corrected chi connectivity index (χ4v) is 2.22. The second-order valence-electron chi connectivity index (χ2n) is 4.60. The fourth-order valence-electron chi connectivity index (χ4n) is 2.22. The van der Waals surface area contributed by atoms with E-state index in [-0.39, 0.29) is 0 Å². The van der Waals surface area contributed by atoms with Gasteiger partial charge in [0.05, 0.1) is 0 Å². The molecule has 0 aromatic carbocycles. The van der Waals surface area contributed by atoms with Crippen LogP contribution in [0.1, 0.15) is 52.4 Å². The first-order valence-electron chi connectivity index (χ1n) is 6.10. The van der Waals surface area contributed by atoms with E-state index in [2.05, 4.69) is 19.2 Å². The van der Waals surface area contributed by atoms with Gasteiger partial charge in [-0.25, -0.2) is 0 Å². The lowest BCUT2D eigenvalue weighted by Crippen LogP contribution is -2.44. The third-order valence-electron chi connectivity index (χ3n) is 3.18. The lowest BCUT2D eigenvalue weighted by atomic mass is 9.83. The summed E-state index contributed by atoms with van der Waals surface area (Å²) in [4.78, 5) is 0. The van der Waals surface area contributed by atoms with Crippen molar-refractivity contribution in [1.29, 1.82) is 0 Å². The van der Waals surface area contributed by atoms with Crippen LogP contribution in [0.2, 0.25) is 0 Å². The zero-order valence-electron chi connectivity index (χ0n) is 9.77. The number of nitrogens with one attached hydrogen (secondary N) is 1.